The summed E-state index contributed by atoms with van der Waals surface area (Å²) in [4.78, 5) is 125. The van der Waals surface area contributed by atoms with Crippen molar-refractivity contribution < 1.29 is 53.4 Å². The van der Waals surface area contributed by atoms with E-state index in [1.54, 1.807) is 0 Å². The number of aliphatic carboxylic acids is 1. The van der Waals surface area contributed by atoms with Crippen molar-refractivity contribution in [1.82, 2.24) is 47.0 Å². The summed E-state index contributed by atoms with van der Waals surface area (Å²) in [6.45, 7) is 8.71. The van der Waals surface area contributed by atoms with Gasteiger partial charge >= 0.3 is 5.97 Å². The molecule has 3 fully saturated rings. The molecule has 23 heteroatoms. The van der Waals surface area contributed by atoms with Crippen LogP contribution in [0.4, 0.5) is 0 Å². The Morgan fingerprint density at radius 2 is 1.25 bits per heavy atom. The molecule has 3 aliphatic rings. The number of aliphatic hydroxyl groups is 1. The van der Waals surface area contributed by atoms with E-state index in [1.165, 1.54) is 16.7 Å². The fourth-order valence-corrected chi connectivity index (χ4v) is 8.01. The van der Waals surface area contributed by atoms with Crippen LogP contribution in [0.2, 0.25) is 0 Å². The Balaban J connectivity index is 1.55. The van der Waals surface area contributed by atoms with Gasteiger partial charge in [0.05, 0.1) is 19.2 Å². The normalized spacial score (nSPS) is 20.7. The average Bonchev–Trinajstić information content (AvgIpc) is 4.04. The smallest absolute Gasteiger partial charge is 0.326 e. The summed E-state index contributed by atoms with van der Waals surface area (Å²) < 4.78 is 0. The maximum absolute atomic E-state index is 13.9. The first kappa shape index (κ1) is 52.8. The van der Waals surface area contributed by atoms with Crippen molar-refractivity contribution in [3.8, 4) is 0 Å². The van der Waals surface area contributed by atoms with Crippen LogP contribution in [-0.4, -0.2) is 167 Å². The maximum Gasteiger partial charge on any atom is 0.326 e. The van der Waals surface area contributed by atoms with Crippen molar-refractivity contribution >= 4 is 59.2 Å². The number of amides is 8. The van der Waals surface area contributed by atoms with E-state index < -0.39 is 109 Å². The zero-order valence-electron chi connectivity index (χ0n) is 37.7. The fourth-order valence-electron chi connectivity index (χ4n) is 8.01. The molecule has 0 aromatic heterocycles. The summed E-state index contributed by atoms with van der Waals surface area (Å²) >= 11 is 0. The van der Waals surface area contributed by atoms with Gasteiger partial charge in [0.2, 0.25) is 47.3 Å². The molecule has 3 aliphatic heterocycles. The molecule has 0 aromatic rings. The monoisotopic (exact) mass is 907 g/mol. The summed E-state index contributed by atoms with van der Waals surface area (Å²) in [6, 6.07) is -8.28. The number of hydrogen-bond acceptors (Lipinski definition) is 12. The highest BCUT2D eigenvalue weighted by Gasteiger charge is 2.41. The summed E-state index contributed by atoms with van der Waals surface area (Å²) in [5, 5.41) is 38.4. The number of rotatable bonds is 24. The van der Waals surface area contributed by atoms with Gasteiger partial charge in [-0.3, -0.25) is 43.3 Å². The molecule has 13 N–H and O–H groups in total. The van der Waals surface area contributed by atoms with E-state index in [0.29, 0.717) is 25.8 Å². The molecule has 64 heavy (non-hydrogen) atoms. The molecule has 0 aliphatic carbocycles. The SMILES string of the molecule is CC(C)C[C@H](NC(=O)[C@@H]1CCCN1)C(=O)N[C@@H](CO)C(=O)N1CCC[C@H]1C(=O)NCC(=O)N[C@@H](C)C(=O)N[C@@H](CC(C)C)C(=O)N1CCC[C@H]1C(=O)N[C@@H](CCCN=C(N)N)C(=O)O. The van der Waals surface area contributed by atoms with E-state index >= 15 is 0 Å². The highest BCUT2D eigenvalue weighted by Crippen LogP contribution is 2.22. The number of carboxylic acid groups (broad SMARTS) is 1. The van der Waals surface area contributed by atoms with Gasteiger partial charge in [0.25, 0.3) is 0 Å². The number of carbonyl (C=O) groups is 9. The number of nitrogens with two attached hydrogens (primary N) is 2. The molecule has 0 spiro atoms. The molecule has 0 aromatic carbocycles. The van der Waals surface area contributed by atoms with Gasteiger partial charge < -0.3 is 68.7 Å². The van der Waals surface area contributed by atoms with Crippen LogP contribution in [-0.2, 0) is 43.2 Å². The van der Waals surface area contributed by atoms with E-state index in [-0.39, 0.29) is 81.9 Å². The Morgan fingerprint density at radius 3 is 1.80 bits per heavy atom. The Labute approximate surface area is 373 Å². The molecule has 23 nitrogen and oxygen atoms in total. The van der Waals surface area contributed by atoms with Gasteiger partial charge in [-0.2, -0.15) is 0 Å². The Morgan fingerprint density at radius 1 is 0.688 bits per heavy atom. The minimum atomic E-state index is -1.40. The van der Waals surface area contributed by atoms with Crippen molar-refractivity contribution in [2.75, 3.05) is 39.3 Å². The molecule has 360 valence electrons. The lowest BCUT2D eigenvalue weighted by Gasteiger charge is -2.30. The zero-order chi connectivity index (χ0) is 47.7. The lowest BCUT2D eigenvalue weighted by atomic mass is 10.0. The number of guanidine groups is 1. The second-order valence-corrected chi connectivity index (χ2v) is 17.5. The largest absolute Gasteiger partial charge is 0.480 e. The van der Waals surface area contributed by atoms with Crippen LogP contribution in [0.25, 0.3) is 0 Å². The van der Waals surface area contributed by atoms with E-state index in [2.05, 4.69) is 42.2 Å². The molecule has 8 atom stereocenters. The highest BCUT2D eigenvalue weighted by molar-refractivity contribution is 5.97. The molecular formula is C41H70N12O11. The van der Waals surface area contributed by atoms with Crippen LogP contribution in [0.5, 0.6) is 0 Å². The first-order chi connectivity index (χ1) is 30.2. The summed E-state index contributed by atoms with van der Waals surface area (Å²) in [7, 11) is 0. The Bertz CT molecular complexity index is 1700. The molecule has 0 unspecified atom stereocenters. The molecule has 0 saturated carbocycles. The third-order valence-corrected chi connectivity index (χ3v) is 11.3. The second-order valence-electron chi connectivity index (χ2n) is 17.5. The third-order valence-electron chi connectivity index (χ3n) is 11.3. The molecular weight excluding hydrogens is 837 g/mol. The van der Waals surface area contributed by atoms with Gasteiger partial charge in [-0.25, -0.2) is 4.79 Å². The van der Waals surface area contributed by atoms with Gasteiger partial charge in [-0.15, -0.1) is 0 Å². The van der Waals surface area contributed by atoms with Crippen LogP contribution in [0, 0.1) is 11.8 Å². The summed E-state index contributed by atoms with van der Waals surface area (Å²) in [6.07, 6.45) is 3.69. The molecule has 3 rings (SSSR count). The molecule has 3 heterocycles. The van der Waals surface area contributed by atoms with Crippen LogP contribution in [0.15, 0.2) is 4.99 Å². The number of nitrogens with zero attached hydrogens (tertiary/aromatic N) is 3. The van der Waals surface area contributed by atoms with Gasteiger partial charge in [0.15, 0.2) is 5.96 Å². The molecule has 3 saturated heterocycles. The lowest BCUT2D eigenvalue weighted by molar-refractivity contribution is -0.145. The van der Waals surface area contributed by atoms with Crippen molar-refractivity contribution in [3.63, 3.8) is 0 Å². The molecule has 0 bridgehead atoms. The number of aliphatic hydroxyl groups excluding tert-OH is 1. The third kappa shape index (κ3) is 16.2. The van der Waals surface area contributed by atoms with Crippen molar-refractivity contribution in [3.05, 3.63) is 0 Å². The van der Waals surface area contributed by atoms with Crippen molar-refractivity contribution in [2.24, 2.45) is 28.3 Å². The number of aliphatic imine (C=N–C) groups is 1. The standard InChI is InChI=1S/C41H70N12O11/c1-22(2)18-27(49-34(57)25-10-6-14-44-25)35(58)51-29(21-54)39(62)52-16-8-12-30(52)36(59)46-20-32(55)47-24(5)33(56)50-28(19-23(3)4)38(61)53-17-9-13-31(53)37(60)48-26(40(63)64)11-7-15-45-41(42)43/h22-31,44,54H,6-21H2,1-5H3,(H,46,59)(H,47,55)(H,48,60)(H,49,57)(H,50,56)(H,51,58)(H,63,64)(H4,42,43,45)/t24-,25-,26-,27-,28-,29-,30-,31-/m0/s1. The Kier molecular flexibility index (Phi) is 21.1. The van der Waals surface area contributed by atoms with Gasteiger partial charge in [-0.1, -0.05) is 27.7 Å². The van der Waals surface area contributed by atoms with E-state index in [4.69, 9.17) is 11.5 Å². The van der Waals surface area contributed by atoms with Gasteiger partial charge in [0, 0.05) is 19.6 Å². The fraction of sp³-hybridized carbons (Fsp3) is 0.756. The number of likely N-dealkylation sites (tertiary alicyclic amines) is 2. The first-order valence-electron chi connectivity index (χ1n) is 22.3. The summed E-state index contributed by atoms with van der Waals surface area (Å²) in [5.41, 5.74) is 10.6. The number of carboxylic acids is 1. The van der Waals surface area contributed by atoms with Crippen LogP contribution >= 0.6 is 0 Å². The lowest BCUT2D eigenvalue weighted by Crippen LogP contribution is -2.59. The Hall–Kier alpha value is -5.58. The van der Waals surface area contributed by atoms with E-state index in [9.17, 15) is 53.4 Å². The van der Waals surface area contributed by atoms with Crippen molar-refractivity contribution in [2.45, 2.75) is 147 Å². The first-order valence-corrected chi connectivity index (χ1v) is 22.3. The molecule has 8 amide bonds. The maximum atomic E-state index is 13.9. The topological polar surface area (TPSA) is 349 Å². The number of hydrogen-bond donors (Lipinski definition) is 11. The minimum Gasteiger partial charge on any atom is -0.480 e. The predicted octanol–water partition coefficient (Wildman–Crippen LogP) is -3.50. The van der Waals surface area contributed by atoms with Crippen LogP contribution in [0.3, 0.4) is 0 Å². The van der Waals surface area contributed by atoms with Gasteiger partial charge in [0.1, 0.15) is 42.3 Å². The van der Waals surface area contributed by atoms with Crippen LogP contribution < -0.4 is 48.7 Å². The highest BCUT2D eigenvalue weighted by atomic mass is 16.4. The quantitative estimate of drug-likeness (QED) is 0.0255. The summed E-state index contributed by atoms with van der Waals surface area (Å²) in [5.74, 6) is -6.45. The number of carbonyl (C=O) groups excluding carboxylic acids is 8. The number of nitrogens with one attached hydrogen (secondary N) is 7. The second kappa shape index (κ2) is 25.6. The average molecular weight is 907 g/mol. The zero-order valence-corrected chi connectivity index (χ0v) is 37.7. The van der Waals surface area contributed by atoms with Crippen LogP contribution in [0.1, 0.15) is 98.8 Å². The van der Waals surface area contributed by atoms with E-state index in [1.807, 2.05) is 27.7 Å². The predicted molar refractivity (Wildman–Crippen MR) is 232 cm³/mol. The van der Waals surface area contributed by atoms with Crippen molar-refractivity contribution in [1.29, 1.82) is 0 Å². The molecule has 0 radical (unpaired) electrons. The van der Waals surface area contributed by atoms with E-state index in [0.717, 1.165) is 6.42 Å². The van der Waals surface area contributed by atoms with Gasteiger partial charge in [-0.05, 0) is 89.5 Å². The minimum absolute atomic E-state index is 0.0153.